The molecule has 0 bridgehead atoms. The molecule has 0 radical (unpaired) electrons. The van der Waals surface area contributed by atoms with Gasteiger partial charge in [0.25, 0.3) is 5.88 Å². The lowest BCUT2D eigenvalue weighted by Crippen LogP contribution is -2.26. The molecule has 9 heteroatoms. The number of pyridine rings is 1. The first-order valence-corrected chi connectivity index (χ1v) is 13.6. The fourth-order valence-corrected chi connectivity index (χ4v) is 4.16. The Bertz CT molecular complexity index is 1380. The first kappa shape index (κ1) is 32.3. The minimum atomic E-state index is -0.942. The maximum atomic E-state index is 13.3. The van der Waals surface area contributed by atoms with Crippen molar-refractivity contribution in [1.29, 1.82) is 0 Å². The number of hydrogen-bond acceptors (Lipinski definition) is 6. The van der Waals surface area contributed by atoms with Gasteiger partial charge in [-0.15, -0.1) is 5.10 Å². The average molecular weight is 551 g/mol. The van der Waals surface area contributed by atoms with Crippen molar-refractivity contribution in [3.8, 4) is 17.7 Å². The highest BCUT2D eigenvalue weighted by atomic mass is 16.5. The van der Waals surface area contributed by atoms with E-state index in [9.17, 15) is 14.7 Å². The second kappa shape index (κ2) is 15.0. The van der Waals surface area contributed by atoms with E-state index in [-0.39, 0.29) is 18.2 Å². The summed E-state index contributed by atoms with van der Waals surface area (Å²) in [6.07, 6.45) is 2.01. The largest absolute Gasteiger partial charge is 0.481 e. The number of fused-ring (bicyclic) bond motifs is 1. The zero-order valence-corrected chi connectivity index (χ0v) is 25.2. The van der Waals surface area contributed by atoms with Gasteiger partial charge in [0, 0.05) is 21.3 Å². The summed E-state index contributed by atoms with van der Waals surface area (Å²) >= 11 is 0. The van der Waals surface area contributed by atoms with E-state index >= 15 is 0 Å². The molecule has 2 heterocycles. The van der Waals surface area contributed by atoms with Crippen LogP contribution in [0.4, 0.5) is 11.5 Å². The Morgan fingerprint density at radius 3 is 2.35 bits per heavy atom. The molecule has 1 N–H and O–H groups in total. The number of hydrogen-bond donors (Lipinski definition) is 1. The summed E-state index contributed by atoms with van der Waals surface area (Å²) in [7, 11) is 5.02. The van der Waals surface area contributed by atoms with Gasteiger partial charge >= 0.3 is 11.9 Å². The molecule has 0 saturated heterocycles. The average Bonchev–Trinajstić information content (AvgIpc) is 3.72. The Balaban J connectivity index is 0.00000105. The van der Waals surface area contributed by atoms with Crippen molar-refractivity contribution in [3.63, 3.8) is 0 Å². The summed E-state index contributed by atoms with van der Waals surface area (Å²) in [4.78, 5) is 30.9. The summed E-state index contributed by atoms with van der Waals surface area (Å²) in [5.41, 5.74) is 5.35. The van der Waals surface area contributed by atoms with E-state index < -0.39 is 12.1 Å². The molecular weight excluding hydrogens is 508 g/mol. The van der Waals surface area contributed by atoms with Crippen molar-refractivity contribution in [2.24, 2.45) is 7.05 Å². The van der Waals surface area contributed by atoms with Crippen molar-refractivity contribution < 1.29 is 24.2 Å². The molecule has 1 atom stereocenters. The van der Waals surface area contributed by atoms with Crippen LogP contribution >= 0.6 is 0 Å². The quantitative estimate of drug-likeness (QED) is 0.339. The Kier molecular flexibility index (Phi) is 12.1. The van der Waals surface area contributed by atoms with Gasteiger partial charge in [-0.25, -0.2) is 4.98 Å². The molecule has 40 heavy (non-hydrogen) atoms. The van der Waals surface area contributed by atoms with Gasteiger partial charge in [-0.3, -0.25) is 19.2 Å². The lowest BCUT2D eigenvalue weighted by atomic mass is 9.99. The van der Waals surface area contributed by atoms with Gasteiger partial charge in [0.15, 0.2) is 5.52 Å². The van der Waals surface area contributed by atoms with Crippen LogP contribution in [0.2, 0.25) is 0 Å². The van der Waals surface area contributed by atoms with Gasteiger partial charge in [-0.05, 0) is 86.8 Å². The number of amides is 1. The number of aryl methyl sites for hydroxylation is 3. The molecule has 1 saturated carbocycles. The highest BCUT2D eigenvalue weighted by Gasteiger charge is 2.31. The van der Waals surface area contributed by atoms with Crippen molar-refractivity contribution >= 4 is 34.4 Å². The molecule has 9 nitrogen and oxygen atoms in total. The third-order valence-electron chi connectivity index (χ3n) is 6.35. The lowest BCUT2D eigenvalue weighted by Gasteiger charge is -2.24. The monoisotopic (exact) mass is 550 g/mol. The van der Waals surface area contributed by atoms with E-state index in [0.29, 0.717) is 29.2 Å². The van der Waals surface area contributed by atoms with E-state index in [2.05, 4.69) is 34.7 Å². The van der Waals surface area contributed by atoms with E-state index in [1.54, 1.807) is 43.8 Å². The van der Waals surface area contributed by atoms with Crippen molar-refractivity contribution in [2.45, 2.75) is 79.2 Å². The van der Waals surface area contributed by atoms with Crippen LogP contribution < -0.4 is 9.64 Å². The Labute approximate surface area is 237 Å². The molecule has 216 valence electrons. The van der Waals surface area contributed by atoms with Crippen molar-refractivity contribution in [2.75, 3.05) is 19.1 Å². The number of nitrogens with zero attached hydrogens (tertiary/aromatic N) is 4. The van der Waals surface area contributed by atoms with Crippen LogP contribution in [0.3, 0.4) is 0 Å². The molecule has 1 fully saturated rings. The number of carboxylic acids is 1. The van der Waals surface area contributed by atoms with Gasteiger partial charge in [-0.2, -0.15) is 0 Å². The smallest absolute Gasteiger partial charge is 0.308 e. The summed E-state index contributed by atoms with van der Waals surface area (Å²) in [5, 5.41) is 13.6. The predicted octanol–water partition coefficient (Wildman–Crippen LogP) is 6.07. The van der Waals surface area contributed by atoms with Crippen LogP contribution in [0.5, 0.6) is 5.88 Å². The van der Waals surface area contributed by atoms with Gasteiger partial charge < -0.3 is 14.6 Å². The normalized spacial score (nSPS) is 12.6. The summed E-state index contributed by atoms with van der Waals surface area (Å²) in [5.74, 6) is 5.16. The number of anilines is 2. The fraction of sp³-hybridized carbons (Fsp3) is 0.484. The molecule has 0 spiro atoms. The summed E-state index contributed by atoms with van der Waals surface area (Å²) in [6.45, 7) is 11.6. The minimum absolute atomic E-state index is 0.141. The van der Waals surface area contributed by atoms with Gasteiger partial charge in [0.1, 0.15) is 11.9 Å². The second-order valence-electron chi connectivity index (χ2n) is 9.41. The molecule has 1 amide bonds. The zero-order valence-electron chi connectivity index (χ0n) is 25.2. The first-order chi connectivity index (χ1) is 19.1. The maximum Gasteiger partial charge on any atom is 0.308 e. The Morgan fingerprint density at radius 2 is 1.80 bits per heavy atom. The zero-order chi connectivity index (χ0) is 30.0. The highest BCUT2D eigenvalue weighted by molar-refractivity contribution is 6.11. The molecule has 4 rings (SSSR count). The molecule has 1 unspecified atom stereocenters. The third-order valence-corrected chi connectivity index (χ3v) is 6.35. The molecule has 0 aliphatic heterocycles. The maximum absolute atomic E-state index is 13.3. The van der Waals surface area contributed by atoms with Crippen LogP contribution in [0, 0.1) is 25.7 Å². The van der Waals surface area contributed by atoms with Crippen LogP contribution in [0.25, 0.3) is 11.0 Å². The number of aromatic nitrogens is 3. The second-order valence-corrected chi connectivity index (χ2v) is 9.41. The SMILES string of the molecule is CC.CC#CC(=O)N(c1ccc2c(n1)c(OC(CC)CC(=O)O)nn2C)c1cc(C)c(C)cc1C1CC1.COC. The number of methoxy groups -OCH3 is 1. The van der Waals surface area contributed by atoms with Gasteiger partial charge in [0.05, 0.1) is 17.6 Å². The molecule has 2 aromatic heterocycles. The van der Waals surface area contributed by atoms with Gasteiger partial charge in [-0.1, -0.05) is 32.8 Å². The molecule has 1 aromatic carbocycles. The Hall–Kier alpha value is -3.90. The molecule has 1 aliphatic rings. The number of carbonyl (C=O) groups is 2. The number of benzene rings is 1. The molecule has 1 aliphatic carbocycles. The van der Waals surface area contributed by atoms with Crippen molar-refractivity contribution in [1.82, 2.24) is 14.8 Å². The lowest BCUT2D eigenvalue weighted by molar-refractivity contribution is -0.138. The molecule has 3 aromatic rings. The Morgan fingerprint density at radius 1 is 1.18 bits per heavy atom. The van der Waals surface area contributed by atoms with Gasteiger partial charge in [0.2, 0.25) is 0 Å². The summed E-state index contributed by atoms with van der Waals surface area (Å²) < 4.78 is 11.8. The summed E-state index contributed by atoms with van der Waals surface area (Å²) in [6, 6.07) is 7.82. The number of carboxylic acid groups (broad SMARTS) is 1. The van der Waals surface area contributed by atoms with Crippen molar-refractivity contribution in [3.05, 3.63) is 41.0 Å². The van der Waals surface area contributed by atoms with Crippen LogP contribution in [0.15, 0.2) is 24.3 Å². The van der Waals surface area contributed by atoms with E-state index in [1.807, 2.05) is 39.8 Å². The van der Waals surface area contributed by atoms with E-state index in [4.69, 9.17) is 9.72 Å². The first-order valence-electron chi connectivity index (χ1n) is 13.6. The number of aliphatic carboxylic acids is 1. The van der Waals surface area contributed by atoms with Crippen LogP contribution in [0.1, 0.15) is 76.0 Å². The number of rotatable bonds is 8. The fourth-order valence-electron chi connectivity index (χ4n) is 4.16. The standard InChI is InChI=1S/C27H30N4O4.C2H6O.C2H6/c1-6-8-24(32)31(22-14-17(4)16(3)13-20(22)18-9-10-18)23-12-11-21-26(28-23)27(29-30(21)5)35-19(7-2)15-25(33)34;1-3-2;1-2/h11-14,18-19H,7,9-10,15H2,1-5H3,(H,33,34);1-2H3;1-2H3. The van der Waals surface area contributed by atoms with Crippen LogP contribution in [-0.4, -0.2) is 52.1 Å². The molecular formula is C31H42N4O5. The topological polar surface area (TPSA) is 107 Å². The predicted molar refractivity (Wildman–Crippen MR) is 158 cm³/mol. The van der Waals surface area contributed by atoms with Crippen LogP contribution in [-0.2, 0) is 21.4 Å². The number of ether oxygens (including phenoxy) is 2. The van der Waals surface area contributed by atoms with E-state index in [0.717, 1.165) is 29.7 Å². The van der Waals surface area contributed by atoms with E-state index in [1.165, 1.54) is 5.56 Å². The third kappa shape index (κ3) is 7.82. The number of carbonyl (C=O) groups excluding carboxylic acids is 1. The minimum Gasteiger partial charge on any atom is -0.481 e. The highest BCUT2D eigenvalue weighted by Crippen LogP contribution is 2.46.